The van der Waals surface area contributed by atoms with E-state index in [9.17, 15) is 9.59 Å². The molecule has 6 nitrogen and oxygen atoms in total. The molecule has 0 saturated carbocycles. The molecule has 0 saturated heterocycles. The van der Waals surface area contributed by atoms with Crippen molar-refractivity contribution in [1.29, 1.82) is 0 Å². The van der Waals surface area contributed by atoms with Crippen molar-refractivity contribution in [2.75, 3.05) is 12.4 Å². The van der Waals surface area contributed by atoms with Gasteiger partial charge >= 0.3 is 5.97 Å². The minimum atomic E-state index is -0.955. The summed E-state index contributed by atoms with van der Waals surface area (Å²) in [6.07, 6.45) is 1.55. The normalized spacial score (nSPS) is 10.1. The van der Waals surface area contributed by atoms with Gasteiger partial charge in [0.15, 0.2) is 0 Å². The van der Waals surface area contributed by atoms with Gasteiger partial charge in [0, 0.05) is 19.8 Å². The number of aromatic carboxylic acids is 1. The first-order valence-electron chi connectivity index (χ1n) is 5.83. The largest absolute Gasteiger partial charge is 0.477 e. The fourth-order valence-electron chi connectivity index (χ4n) is 1.65. The van der Waals surface area contributed by atoms with E-state index < -0.39 is 5.97 Å². The van der Waals surface area contributed by atoms with Gasteiger partial charge in [0.1, 0.15) is 10.6 Å². The van der Waals surface area contributed by atoms with Gasteiger partial charge in [0.25, 0.3) is 5.91 Å². The molecule has 0 aromatic carbocycles. The van der Waals surface area contributed by atoms with E-state index in [1.165, 1.54) is 11.3 Å². The van der Waals surface area contributed by atoms with Crippen molar-refractivity contribution in [2.24, 2.45) is 0 Å². The number of carboxylic acid groups (broad SMARTS) is 1. The van der Waals surface area contributed by atoms with Crippen LogP contribution in [-0.2, 0) is 6.54 Å². The number of pyridine rings is 1. The van der Waals surface area contributed by atoms with Crippen molar-refractivity contribution in [2.45, 2.75) is 6.54 Å². The molecule has 3 N–H and O–H groups in total. The molecule has 20 heavy (non-hydrogen) atoms. The van der Waals surface area contributed by atoms with Crippen molar-refractivity contribution < 1.29 is 14.7 Å². The Labute approximate surface area is 119 Å². The summed E-state index contributed by atoms with van der Waals surface area (Å²) < 4.78 is 0. The van der Waals surface area contributed by atoms with E-state index in [0.29, 0.717) is 17.9 Å². The quantitative estimate of drug-likeness (QED) is 0.781. The van der Waals surface area contributed by atoms with E-state index in [0.717, 1.165) is 5.56 Å². The second kappa shape index (κ2) is 6.16. The predicted octanol–water partition coefficient (Wildman–Crippen LogP) is 1.81. The highest BCUT2D eigenvalue weighted by Crippen LogP contribution is 2.22. The van der Waals surface area contributed by atoms with Gasteiger partial charge in [-0.3, -0.25) is 9.78 Å². The summed E-state index contributed by atoms with van der Waals surface area (Å²) in [7, 11) is 1.54. The first kappa shape index (κ1) is 14.0. The average Bonchev–Trinajstić information content (AvgIpc) is 2.93. The van der Waals surface area contributed by atoms with Crippen LogP contribution in [-0.4, -0.2) is 29.0 Å². The standard InChI is InChI=1S/C13H13N3O3S/c1-14-12(17)10-6-8(2-4-15-10)7-16-9-3-5-20-11(9)13(18)19/h2-6,16H,7H2,1H3,(H,14,17)(H,18,19). The highest BCUT2D eigenvalue weighted by Gasteiger charge is 2.11. The number of hydrogen-bond donors (Lipinski definition) is 3. The van der Waals surface area contributed by atoms with Crippen molar-refractivity contribution in [3.05, 3.63) is 45.9 Å². The van der Waals surface area contributed by atoms with Crippen LogP contribution < -0.4 is 10.6 Å². The van der Waals surface area contributed by atoms with Gasteiger partial charge in [-0.2, -0.15) is 0 Å². The van der Waals surface area contributed by atoms with Crippen LogP contribution in [0.2, 0.25) is 0 Å². The number of anilines is 1. The number of carbonyl (C=O) groups excluding carboxylic acids is 1. The molecule has 0 radical (unpaired) electrons. The third-order valence-electron chi connectivity index (χ3n) is 2.63. The Hall–Kier alpha value is -2.41. The Morgan fingerprint density at radius 1 is 1.40 bits per heavy atom. The highest BCUT2D eigenvalue weighted by atomic mass is 32.1. The number of rotatable bonds is 5. The van der Waals surface area contributed by atoms with E-state index in [-0.39, 0.29) is 10.8 Å². The molecule has 0 bridgehead atoms. The van der Waals surface area contributed by atoms with Crippen LogP contribution in [0.15, 0.2) is 29.8 Å². The number of amides is 1. The van der Waals surface area contributed by atoms with Crippen molar-refractivity contribution in [3.63, 3.8) is 0 Å². The summed E-state index contributed by atoms with van der Waals surface area (Å²) >= 11 is 1.17. The molecule has 2 rings (SSSR count). The lowest BCUT2D eigenvalue weighted by Crippen LogP contribution is -2.19. The molecule has 2 aromatic heterocycles. The molecular weight excluding hydrogens is 278 g/mol. The summed E-state index contributed by atoms with van der Waals surface area (Å²) in [6.45, 7) is 0.420. The molecule has 2 aromatic rings. The molecule has 0 unspecified atom stereocenters. The van der Waals surface area contributed by atoms with Crippen LogP contribution in [0.5, 0.6) is 0 Å². The molecule has 0 aliphatic carbocycles. The summed E-state index contributed by atoms with van der Waals surface area (Å²) in [6, 6.07) is 5.15. The van der Waals surface area contributed by atoms with Crippen molar-refractivity contribution in [1.82, 2.24) is 10.3 Å². The predicted molar refractivity (Wildman–Crippen MR) is 76.2 cm³/mol. The van der Waals surface area contributed by atoms with Gasteiger partial charge in [0.05, 0.1) is 5.69 Å². The minimum Gasteiger partial charge on any atom is -0.477 e. The van der Waals surface area contributed by atoms with Gasteiger partial charge < -0.3 is 15.7 Å². The van der Waals surface area contributed by atoms with Gasteiger partial charge in [-0.05, 0) is 29.1 Å². The zero-order valence-electron chi connectivity index (χ0n) is 10.7. The van der Waals surface area contributed by atoms with Crippen molar-refractivity contribution in [3.8, 4) is 0 Å². The average molecular weight is 291 g/mol. The monoisotopic (exact) mass is 291 g/mol. The van der Waals surface area contributed by atoms with Gasteiger partial charge in [0.2, 0.25) is 0 Å². The molecule has 104 valence electrons. The van der Waals surface area contributed by atoms with Crippen LogP contribution >= 0.6 is 11.3 Å². The van der Waals surface area contributed by atoms with Gasteiger partial charge in [-0.25, -0.2) is 4.79 Å². The fourth-order valence-corrected chi connectivity index (χ4v) is 2.36. The summed E-state index contributed by atoms with van der Waals surface area (Å²) in [5, 5.41) is 16.3. The van der Waals surface area contributed by atoms with E-state index in [1.807, 2.05) is 0 Å². The number of hydrogen-bond acceptors (Lipinski definition) is 5. The van der Waals surface area contributed by atoms with E-state index >= 15 is 0 Å². The Morgan fingerprint density at radius 3 is 2.90 bits per heavy atom. The molecule has 1 amide bonds. The zero-order chi connectivity index (χ0) is 14.5. The second-order valence-corrected chi connectivity index (χ2v) is 4.87. The van der Waals surface area contributed by atoms with E-state index in [1.54, 1.807) is 36.8 Å². The van der Waals surface area contributed by atoms with Crippen LogP contribution in [0.4, 0.5) is 5.69 Å². The topological polar surface area (TPSA) is 91.3 Å². The Morgan fingerprint density at radius 2 is 2.20 bits per heavy atom. The maximum absolute atomic E-state index is 11.5. The maximum Gasteiger partial charge on any atom is 0.348 e. The second-order valence-electron chi connectivity index (χ2n) is 3.95. The Balaban J connectivity index is 2.09. The number of thiophene rings is 1. The number of carboxylic acids is 1. The lowest BCUT2D eigenvalue weighted by Gasteiger charge is -2.07. The van der Waals surface area contributed by atoms with Crippen molar-refractivity contribution >= 4 is 28.9 Å². The van der Waals surface area contributed by atoms with Gasteiger partial charge in [-0.1, -0.05) is 0 Å². The van der Waals surface area contributed by atoms with Crippen LogP contribution in [0.1, 0.15) is 25.7 Å². The SMILES string of the molecule is CNC(=O)c1cc(CNc2ccsc2C(=O)O)ccn1. The Bertz CT molecular complexity index is 639. The number of nitrogens with one attached hydrogen (secondary N) is 2. The number of carbonyl (C=O) groups is 2. The molecule has 0 aliphatic heterocycles. The highest BCUT2D eigenvalue weighted by molar-refractivity contribution is 7.12. The molecule has 2 heterocycles. The third-order valence-corrected chi connectivity index (χ3v) is 3.53. The Kier molecular flexibility index (Phi) is 4.31. The maximum atomic E-state index is 11.5. The number of aromatic nitrogens is 1. The smallest absolute Gasteiger partial charge is 0.348 e. The minimum absolute atomic E-state index is 0.256. The third kappa shape index (κ3) is 3.12. The van der Waals surface area contributed by atoms with Crippen LogP contribution in [0.25, 0.3) is 0 Å². The molecule has 0 atom stereocenters. The first-order valence-corrected chi connectivity index (χ1v) is 6.71. The molecule has 0 fully saturated rings. The summed E-state index contributed by atoms with van der Waals surface area (Å²) in [5.41, 5.74) is 1.75. The lowest BCUT2D eigenvalue weighted by atomic mass is 10.2. The molecular formula is C13H13N3O3S. The molecule has 7 heteroatoms. The fraction of sp³-hybridized carbons (Fsp3) is 0.154. The molecule has 0 aliphatic rings. The van der Waals surface area contributed by atoms with E-state index in [2.05, 4.69) is 15.6 Å². The van der Waals surface area contributed by atoms with Crippen LogP contribution in [0, 0.1) is 0 Å². The first-order chi connectivity index (χ1) is 9.61. The van der Waals surface area contributed by atoms with Gasteiger partial charge in [-0.15, -0.1) is 11.3 Å². The molecule has 0 spiro atoms. The summed E-state index contributed by atoms with van der Waals surface area (Å²) in [4.78, 5) is 26.7. The lowest BCUT2D eigenvalue weighted by molar-refractivity contribution is 0.0703. The zero-order valence-corrected chi connectivity index (χ0v) is 11.5. The van der Waals surface area contributed by atoms with Crippen LogP contribution in [0.3, 0.4) is 0 Å². The summed E-state index contributed by atoms with van der Waals surface area (Å²) in [5.74, 6) is -1.21. The number of nitrogens with zero attached hydrogens (tertiary/aromatic N) is 1. The van der Waals surface area contributed by atoms with E-state index in [4.69, 9.17) is 5.11 Å².